The molecule has 1 N–H and O–H groups in total. The van der Waals surface area contributed by atoms with Crippen molar-refractivity contribution in [2.24, 2.45) is 0 Å². The molecule has 0 aliphatic carbocycles. The number of pyridine rings is 2. The Labute approximate surface area is 158 Å². The summed E-state index contributed by atoms with van der Waals surface area (Å²) in [5, 5.41) is 1.98. The van der Waals surface area contributed by atoms with Gasteiger partial charge in [-0.25, -0.2) is 4.98 Å². The van der Waals surface area contributed by atoms with Gasteiger partial charge < -0.3 is 9.88 Å². The second kappa shape index (κ2) is 6.88. The van der Waals surface area contributed by atoms with E-state index in [0.717, 1.165) is 57.4 Å². The number of aromatic nitrogens is 2. The molecule has 0 aliphatic rings. The molecule has 4 heteroatoms. The first-order valence-electron chi connectivity index (χ1n) is 9.41. The Bertz CT molecular complexity index is 1180. The highest BCUT2D eigenvalue weighted by Crippen LogP contribution is 2.37. The number of hydrogen-bond donors (Lipinski definition) is 1. The molecule has 2 aromatic carbocycles. The average Bonchev–Trinajstić information content (AvgIpc) is 2.71. The predicted octanol–water partition coefficient (Wildman–Crippen LogP) is 4.90. The van der Waals surface area contributed by atoms with Crippen LogP contribution in [0.4, 0.5) is 5.69 Å². The number of nitrogens with zero attached hydrogens (tertiary/aromatic N) is 2. The van der Waals surface area contributed by atoms with Gasteiger partial charge in [0, 0.05) is 35.0 Å². The van der Waals surface area contributed by atoms with Crippen molar-refractivity contribution in [3.8, 4) is 11.3 Å². The zero-order chi connectivity index (χ0) is 19.0. The summed E-state index contributed by atoms with van der Waals surface area (Å²) in [6, 6.07) is 18.2. The first-order chi connectivity index (χ1) is 13.2. The number of aromatic amines is 1. The Kier molecular flexibility index (Phi) is 4.40. The maximum Gasteiger partial charge on any atom is 0.253 e. The van der Waals surface area contributed by atoms with Gasteiger partial charge in [0.25, 0.3) is 5.56 Å². The molecular formula is C23H23N3O. The Balaban J connectivity index is 2.27. The van der Waals surface area contributed by atoms with E-state index in [0.29, 0.717) is 0 Å². The number of hydrogen-bond acceptors (Lipinski definition) is 3. The summed E-state index contributed by atoms with van der Waals surface area (Å²) in [6.07, 6.45) is 0. The molecule has 2 aromatic heterocycles. The van der Waals surface area contributed by atoms with E-state index < -0.39 is 0 Å². The monoisotopic (exact) mass is 357 g/mol. The molecule has 4 rings (SSSR count). The van der Waals surface area contributed by atoms with E-state index in [1.54, 1.807) is 0 Å². The van der Waals surface area contributed by atoms with Crippen molar-refractivity contribution >= 4 is 27.5 Å². The van der Waals surface area contributed by atoms with E-state index >= 15 is 0 Å². The number of H-pyrrole nitrogens is 1. The van der Waals surface area contributed by atoms with E-state index in [4.69, 9.17) is 4.98 Å². The van der Waals surface area contributed by atoms with Gasteiger partial charge in [0.05, 0.1) is 22.4 Å². The number of para-hydroxylation sites is 1. The topological polar surface area (TPSA) is 49.0 Å². The SMILES string of the molecule is CCN(CC)c1c(C)c(=O)[nH]c2c1c(-c1ccccc1)nc1ccccc12. The average molecular weight is 357 g/mol. The summed E-state index contributed by atoms with van der Waals surface area (Å²) in [5.41, 5.74) is 5.38. The van der Waals surface area contributed by atoms with E-state index in [9.17, 15) is 4.79 Å². The van der Waals surface area contributed by atoms with Crippen molar-refractivity contribution in [3.05, 3.63) is 70.5 Å². The van der Waals surface area contributed by atoms with Crippen molar-refractivity contribution in [2.45, 2.75) is 20.8 Å². The molecule has 0 spiro atoms. The van der Waals surface area contributed by atoms with Crippen LogP contribution in [0.15, 0.2) is 59.4 Å². The maximum atomic E-state index is 12.8. The minimum atomic E-state index is -0.0419. The second-order valence-electron chi connectivity index (χ2n) is 6.69. The summed E-state index contributed by atoms with van der Waals surface area (Å²) in [6.45, 7) is 7.79. The van der Waals surface area contributed by atoms with Gasteiger partial charge in [-0.3, -0.25) is 4.79 Å². The van der Waals surface area contributed by atoms with Crippen molar-refractivity contribution in [1.82, 2.24) is 9.97 Å². The van der Waals surface area contributed by atoms with Crippen LogP contribution in [0.2, 0.25) is 0 Å². The van der Waals surface area contributed by atoms with Gasteiger partial charge in [0.1, 0.15) is 0 Å². The van der Waals surface area contributed by atoms with Crippen LogP contribution in [-0.2, 0) is 0 Å². The van der Waals surface area contributed by atoms with E-state index in [1.165, 1.54) is 0 Å². The van der Waals surface area contributed by atoms with E-state index in [2.05, 4.69) is 35.9 Å². The zero-order valence-corrected chi connectivity index (χ0v) is 15.9. The van der Waals surface area contributed by atoms with Gasteiger partial charge in [-0.05, 0) is 26.8 Å². The van der Waals surface area contributed by atoms with Gasteiger partial charge >= 0.3 is 0 Å². The van der Waals surface area contributed by atoms with Gasteiger partial charge in [0.2, 0.25) is 0 Å². The lowest BCUT2D eigenvalue weighted by Crippen LogP contribution is -2.26. The Morgan fingerprint density at radius 2 is 1.63 bits per heavy atom. The number of anilines is 1. The predicted molar refractivity (Wildman–Crippen MR) is 114 cm³/mol. The summed E-state index contributed by atoms with van der Waals surface area (Å²) in [4.78, 5) is 23.2. The molecule has 136 valence electrons. The minimum Gasteiger partial charge on any atom is -0.371 e. The summed E-state index contributed by atoms with van der Waals surface area (Å²) in [7, 11) is 0. The molecule has 4 aromatic rings. The molecule has 0 amide bonds. The third-order valence-corrected chi connectivity index (χ3v) is 5.19. The van der Waals surface area contributed by atoms with Crippen LogP contribution >= 0.6 is 0 Å². The molecule has 0 radical (unpaired) electrons. The lowest BCUT2D eigenvalue weighted by Gasteiger charge is -2.26. The van der Waals surface area contributed by atoms with Crippen LogP contribution < -0.4 is 10.5 Å². The first-order valence-corrected chi connectivity index (χ1v) is 9.41. The number of benzene rings is 2. The normalized spacial score (nSPS) is 11.2. The van der Waals surface area contributed by atoms with Crippen LogP contribution in [0.1, 0.15) is 19.4 Å². The Morgan fingerprint density at radius 3 is 2.33 bits per heavy atom. The largest absolute Gasteiger partial charge is 0.371 e. The van der Waals surface area contributed by atoms with Crippen LogP contribution in [0.25, 0.3) is 33.1 Å². The van der Waals surface area contributed by atoms with Crippen molar-refractivity contribution < 1.29 is 0 Å². The zero-order valence-electron chi connectivity index (χ0n) is 15.9. The molecule has 0 atom stereocenters. The molecule has 0 saturated carbocycles. The molecule has 0 unspecified atom stereocenters. The van der Waals surface area contributed by atoms with Gasteiger partial charge in [-0.1, -0.05) is 48.5 Å². The minimum absolute atomic E-state index is 0.0419. The lowest BCUT2D eigenvalue weighted by atomic mass is 9.99. The molecule has 0 aliphatic heterocycles. The van der Waals surface area contributed by atoms with Crippen molar-refractivity contribution in [2.75, 3.05) is 18.0 Å². The smallest absolute Gasteiger partial charge is 0.253 e. The summed E-state index contributed by atoms with van der Waals surface area (Å²) in [5.74, 6) is 0. The van der Waals surface area contributed by atoms with Gasteiger partial charge in [-0.2, -0.15) is 0 Å². The molecule has 0 fully saturated rings. The van der Waals surface area contributed by atoms with Crippen LogP contribution in [-0.4, -0.2) is 23.1 Å². The highest BCUT2D eigenvalue weighted by molar-refractivity contribution is 6.14. The Hall–Kier alpha value is -3.14. The standard InChI is InChI=1S/C23H23N3O/c1-4-26(5-2)22-15(3)23(27)25-21-17-13-9-10-14-18(17)24-20(19(21)22)16-11-7-6-8-12-16/h6-14H,4-5H2,1-3H3,(H,25,27). The van der Waals surface area contributed by atoms with E-state index in [1.807, 2.05) is 49.4 Å². The fourth-order valence-electron chi connectivity index (χ4n) is 3.81. The van der Waals surface area contributed by atoms with Crippen molar-refractivity contribution in [3.63, 3.8) is 0 Å². The van der Waals surface area contributed by atoms with Crippen molar-refractivity contribution in [1.29, 1.82) is 0 Å². The Morgan fingerprint density at radius 1 is 0.963 bits per heavy atom. The summed E-state index contributed by atoms with van der Waals surface area (Å²) < 4.78 is 0. The fourth-order valence-corrected chi connectivity index (χ4v) is 3.81. The van der Waals surface area contributed by atoms with Crippen LogP contribution in [0.3, 0.4) is 0 Å². The third-order valence-electron chi connectivity index (χ3n) is 5.19. The maximum absolute atomic E-state index is 12.8. The molecule has 0 saturated heterocycles. The summed E-state index contributed by atoms with van der Waals surface area (Å²) >= 11 is 0. The van der Waals surface area contributed by atoms with Gasteiger partial charge in [0.15, 0.2) is 0 Å². The highest BCUT2D eigenvalue weighted by Gasteiger charge is 2.20. The van der Waals surface area contributed by atoms with E-state index in [-0.39, 0.29) is 5.56 Å². The third kappa shape index (κ3) is 2.78. The second-order valence-corrected chi connectivity index (χ2v) is 6.69. The number of rotatable bonds is 4. The highest BCUT2D eigenvalue weighted by atomic mass is 16.1. The molecule has 4 nitrogen and oxygen atoms in total. The quantitative estimate of drug-likeness (QED) is 0.529. The van der Waals surface area contributed by atoms with Gasteiger partial charge in [-0.15, -0.1) is 0 Å². The molecule has 0 bridgehead atoms. The lowest BCUT2D eigenvalue weighted by molar-refractivity contribution is 0.863. The first kappa shape index (κ1) is 17.3. The van der Waals surface area contributed by atoms with Crippen LogP contribution in [0.5, 0.6) is 0 Å². The molecule has 2 heterocycles. The van der Waals surface area contributed by atoms with Crippen LogP contribution in [0, 0.1) is 6.92 Å². The number of nitrogens with one attached hydrogen (secondary N) is 1. The molecular weight excluding hydrogens is 334 g/mol. The fraction of sp³-hybridized carbons (Fsp3) is 0.217. The number of fused-ring (bicyclic) bond motifs is 3. The molecule has 27 heavy (non-hydrogen) atoms.